The van der Waals surface area contributed by atoms with Gasteiger partial charge in [-0.15, -0.1) is 0 Å². The van der Waals surface area contributed by atoms with E-state index in [4.69, 9.17) is 4.74 Å². The molecule has 1 aliphatic rings. The first kappa shape index (κ1) is 12.0. The van der Waals surface area contributed by atoms with Gasteiger partial charge in [0.2, 0.25) is 0 Å². The Hall–Kier alpha value is -0.0400. The second-order valence-corrected chi connectivity index (χ2v) is 5.38. The van der Waals surface area contributed by atoms with Gasteiger partial charge in [-0.05, 0) is 36.5 Å². The van der Waals surface area contributed by atoms with Crippen molar-refractivity contribution in [1.29, 1.82) is 0 Å². The summed E-state index contributed by atoms with van der Waals surface area (Å²) in [5.74, 6) is 0. The summed E-state index contributed by atoms with van der Waals surface area (Å²) in [4.78, 5) is 0. The van der Waals surface area contributed by atoms with E-state index in [1.165, 1.54) is 32.1 Å². The van der Waals surface area contributed by atoms with Crippen molar-refractivity contribution in [2.45, 2.75) is 59.8 Å². The topological polar surface area (TPSA) is 9.23 Å². The SMILES string of the molecule is CCCC(C)(C)C1(CC)CCOCC1. The summed E-state index contributed by atoms with van der Waals surface area (Å²) in [5.41, 5.74) is 1.03. The summed E-state index contributed by atoms with van der Waals surface area (Å²) in [7, 11) is 0. The van der Waals surface area contributed by atoms with E-state index in [1.54, 1.807) is 0 Å². The predicted molar refractivity (Wildman–Crippen MR) is 61.5 cm³/mol. The summed E-state index contributed by atoms with van der Waals surface area (Å²) in [6.07, 6.45) is 6.48. The number of ether oxygens (including phenoxy) is 1. The highest BCUT2D eigenvalue weighted by Crippen LogP contribution is 2.51. The molecule has 0 bridgehead atoms. The van der Waals surface area contributed by atoms with Crippen LogP contribution in [0.25, 0.3) is 0 Å². The van der Waals surface area contributed by atoms with E-state index >= 15 is 0 Å². The first-order valence-electron chi connectivity index (χ1n) is 6.16. The van der Waals surface area contributed by atoms with Gasteiger partial charge in [0.15, 0.2) is 0 Å². The molecule has 0 radical (unpaired) electrons. The standard InChI is InChI=1S/C13H26O/c1-5-7-12(3,4)13(6-2)8-10-14-11-9-13/h5-11H2,1-4H3. The zero-order valence-electron chi connectivity index (χ0n) is 10.4. The van der Waals surface area contributed by atoms with Crippen LogP contribution in [0.15, 0.2) is 0 Å². The fraction of sp³-hybridized carbons (Fsp3) is 1.00. The molecular weight excluding hydrogens is 172 g/mol. The van der Waals surface area contributed by atoms with E-state index in [2.05, 4.69) is 27.7 Å². The Morgan fingerprint density at radius 3 is 2.14 bits per heavy atom. The highest BCUT2D eigenvalue weighted by atomic mass is 16.5. The summed E-state index contributed by atoms with van der Waals surface area (Å²) in [6, 6.07) is 0. The van der Waals surface area contributed by atoms with E-state index in [-0.39, 0.29) is 0 Å². The fourth-order valence-corrected chi connectivity index (χ4v) is 3.16. The zero-order chi connectivity index (χ0) is 10.7. The molecule has 0 amide bonds. The van der Waals surface area contributed by atoms with Crippen LogP contribution in [0, 0.1) is 10.8 Å². The lowest BCUT2D eigenvalue weighted by molar-refractivity contribution is -0.0600. The van der Waals surface area contributed by atoms with Gasteiger partial charge in [0.05, 0.1) is 0 Å². The highest BCUT2D eigenvalue weighted by Gasteiger charge is 2.43. The van der Waals surface area contributed by atoms with Gasteiger partial charge in [-0.2, -0.15) is 0 Å². The second-order valence-electron chi connectivity index (χ2n) is 5.38. The molecule has 1 fully saturated rings. The summed E-state index contributed by atoms with van der Waals surface area (Å²) in [5, 5.41) is 0. The van der Waals surface area contributed by atoms with Crippen LogP contribution in [-0.4, -0.2) is 13.2 Å². The average molecular weight is 198 g/mol. The Kier molecular flexibility index (Phi) is 4.00. The van der Waals surface area contributed by atoms with Gasteiger partial charge in [0.1, 0.15) is 0 Å². The van der Waals surface area contributed by atoms with Gasteiger partial charge in [-0.3, -0.25) is 0 Å². The largest absolute Gasteiger partial charge is 0.381 e. The molecule has 0 N–H and O–H groups in total. The van der Waals surface area contributed by atoms with E-state index < -0.39 is 0 Å². The van der Waals surface area contributed by atoms with E-state index in [0.717, 1.165) is 13.2 Å². The first-order chi connectivity index (χ1) is 6.58. The average Bonchev–Trinajstić information content (AvgIpc) is 2.18. The van der Waals surface area contributed by atoms with Crippen LogP contribution in [0.4, 0.5) is 0 Å². The van der Waals surface area contributed by atoms with Crippen molar-refractivity contribution in [2.24, 2.45) is 10.8 Å². The number of hydrogen-bond donors (Lipinski definition) is 0. The van der Waals surface area contributed by atoms with Crippen molar-refractivity contribution < 1.29 is 4.74 Å². The maximum absolute atomic E-state index is 5.50. The summed E-state index contributed by atoms with van der Waals surface area (Å²) >= 11 is 0. The molecular formula is C13H26O. The van der Waals surface area contributed by atoms with Crippen LogP contribution in [0.5, 0.6) is 0 Å². The Balaban J connectivity index is 2.75. The van der Waals surface area contributed by atoms with E-state index in [9.17, 15) is 0 Å². The monoisotopic (exact) mass is 198 g/mol. The number of rotatable bonds is 4. The van der Waals surface area contributed by atoms with Gasteiger partial charge in [-0.25, -0.2) is 0 Å². The molecule has 1 heteroatoms. The van der Waals surface area contributed by atoms with Crippen molar-refractivity contribution in [3.63, 3.8) is 0 Å². The third-order valence-corrected chi connectivity index (χ3v) is 4.44. The van der Waals surface area contributed by atoms with Gasteiger partial charge in [-0.1, -0.05) is 34.1 Å². The summed E-state index contributed by atoms with van der Waals surface area (Å²) in [6.45, 7) is 11.5. The van der Waals surface area contributed by atoms with Crippen LogP contribution < -0.4 is 0 Å². The van der Waals surface area contributed by atoms with Crippen LogP contribution in [0.1, 0.15) is 59.8 Å². The van der Waals surface area contributed by atoms with Crippen LogP contribution in [0.3, 0.4) is 0 Å². The molecule has 1 heterocycles. The third kappa shape index (κ3) is 2.13. The Morgan fingerprint density at radius 2 is 1.71 bits per heavy atom. The molecule has 0 aliphatic carbocycles. The van der Waals surface area contributed by atoms with Gasteiger partial charge in [0, 0.05) is 13.2 Å². The van der Waals surface area contributed by atoms with Crippen molar-refractivity contribution in [1.82, 2.24) is 0 Å². The van der Waals surface area contributed by atoms with Gasteiger partial charge in [0.25, 0.3) is 0 Å². The molecule has 1 rings (SSSR count). The smallest absolute Gasteiger partial charge is 0.0471 e. The molecule has 1 saturated heterocycles. The van der Waals surface area contributed by atoms with Crippen LogP contribution >= 0.6 is 0 Å². The first-order valence-corrected chi connectivity index (χ1v) is 6.16. The molecule has 1 nitrogen and oxygen atoms in total. The Labute approximate surface area is 89.2 Å². The predicted octanol–water partition coefficient (Wildman–Crippen LogP) is 4.02. The normalized spacial score (nSPS) is 22.3. The van der Waals surface area contributed by atoms with Gasteiger partial charge >= 0.3 is 0 Å². The summed E-state index contributed by atoms with van der Waals surface area (Å²) < 4.78 is 5.50. The molecule has 0 aromatic rings. The van der Waals surface area contributed by atoms with Crippen molar-refractivity contribution in [3.8, 4) is 0 Å². The molecule has 0 saturated carbocycles. The maximum atomic E-state index is 5.50. The molecule has 0 aromatic carbocycles. The molecule has 14 heavy (non-hydrogen) atoms. The minimum absolute atomic E-state index is 0.486. The molecule has 1 aliphatic heterocycles. The number of hydrogen-bond acceptors (Lipinski definition) is 1. The molecule has 0 unspecified atom stereocenters. The highest BCUT2D eigenvalue weighted by molar-refractivity contribution is 4.93. The maximum Gasteiger partial charge on any atom is 0.0471 e. The second kappa shape index (κ2) is 4.65. The van der Waals surface area contributed by atoms with Crippen LogP contribution in [-0.2, 0) is 4.74 Å². The minimum atomic E-state index is 0.486. The van der Waals surface area contributed by atoms with Crippen molar-refractivity contribution >= 4 is 0 Å². The zero-order valence-corrected chi connectivity index (χ0v) is 10.4. The fourth-order valence-electron chi connectivity index (χ4n) is 3.16. The Morgan fingerprint density at radius 1 is 1.14 bits per heavy atom. The molecule has 84 valence electrons. The minimum Gasteiger partial charge on any atom is -0.381 e. The quantitative estimate of drug-likeness (QED) is 0.663. The third-order valence-electron chi connectivity index (χ3n) is 4.44. The molecule has 0 atom stereocenters. The van der Waals surface area contributed by atoms with Crippen LogP contribution in [0.2, 0.25) is 0 Å². The van der Waals surface area contributed by atoms with E-state index in [0.29, 0.717) is 10.8 Å². The molecule has 0 aromatic heterocycles. The lowest BCUT2D eigenvalue weighted by atomic mass is 9.58. The molecule has 0 spiro atoms. The van der Waals surface area contributed by atoms with Gasteiger partial charge < -0.3 is 4.74 Å². The Bertz CT molecular complexity index is 166. The van der Waals surface area contributed by atoms with E-state index in [1.807, 2.05) is 0 Å². The van der Waals surface area contributed by atoms with Crippen molar-refractivity contribution in [2.75, 3.05) is 13.2 Å². The lowest BCUT2D eigenvalue weighted by Crippen LogP contribution is -2.42. The lowest BCUT2D eigenvalue weighted by Gasteiger charge is -2.49. The van der Waals surface area contributed by atoms with Crippen molar-refractivity contribution in [3.05, 3.63) is 0 Å².